The Morgan fingerprint density at radius 1 is 1.38 bits per heavy atom. The van der Waals surface area contributed by atoms with Gasteiger partial charge in [0.25, 0.3) is 0 Å². The largest absolute Gasteiger partial charge is 0.312 e. The van der Waals surface area contributed by atoms with Crippen LogP contribution in [0.4, 0.5) is 0 Å². The summed E-state index contributed by atoms with van der Waals surface area (Å²) in [5.74, 6) is 0. The number of rotatable bonds is 2. The van der Waals surface area contributed by atoms with Crippen molar-refractivity contribution in [1.29, 1.82) is 0 Å². The Morgan fingerprint density at radius 2 is 2.00 bits per heavy atom. The lowest BCUT2D eigenvalue weighted by Crippen LogP contribution is -2.29. The molecule has 0 aromatic carbocycles. The zero-order valence-electron chi connectivity index (χ0n) is 9.14. The van der Waals surface area contributed by atoms with Crippen molar-refractivity contribution in [3.63, 3.8) is 0 Å². The van der Waals surface area contributed by atoms with Gasteiger partial charge in [-0.1, -0.05) is 20.8 Å². The molecule has 0 fully saturated rings. The highest BCUT2D eigenvalue weighted by Gasteiger charge is 2.26. The minimum Gasteiger partial charge on any atom is -0.312 e. The standard InChI is InChI=1S/C11H19NS/c1-8-6-7-13-9(8)10(12-5)11(2,3)4/h6-7,10,12H,1-5H3. The van der Waals surface area contributed by atoms with Crippen molar-refractivity contribution in [2.45, 2.75) is 33.7 Å². The van der Waals surface area contributed by atoms with Crippen LogP contribution >= 0.6 is 11.3 Å². The molecule has 1 N–H and O–H groups in total. The van der Waals surface area contributed by atoms with Gasteiger partial charge in [-0.25, -0.2) is 0 Å². The summed E-state index contributed by atoms with van der Waals surface area (Å²) >= 11 is 1.85. The SMILES string of the molecule is CNC(c1sccc1C)C(C)(C)C. The maximum Gasteiger partial charge on any atom is 0.0464 e. The van der Waals surface area contributed by atoms with E-state index >= 15 is 0 Å². The number of hydrogen-bond acceptors (Lipinski definition) is 2. The zero-order chi connectivity index (χ0) is 10.1. The van der Waals surface area contributed by atoms with Gasteiger partial charge in [-0.3, -0.25) is 0 Å². The summed E-state index contributed by atoms with van der Waals surface area (Å²) in [6, 6.07) is 2.66. The topological polar surface area (TPSA) is 12.0 Å². The van der Waals surface area contributed by atoms with Gasteiger partial charge in [0.2, 0.25) is 0 Å². The van der Waals surface area contributed by atoms with Gasteiger partial charge >= 0.3 is 0 Å². The van der Waals surface area contributed by atoms with Crippen LogP contribution in [0.3, 0.4) is 0 Å². The fraction of sp³-hybridized carbons (Fsp3) is 0.636. The van der Waals surface area contributed by atoms with Crippen LogP contribution in [0.5, 0.6) is 0 Å². The van der Waals surface area contributed by atoms with Gasteiger partial charge in [0.15, 0.2) is 0 Å². The molecule has 0 radical (unpaired) electrons. The Hall–Kier alpha value is -0.340. The molecule has 0 aliphatic heterocycles. The molecule has 1 nitrogen and oxygen atoms in total. The number of aryl methyl sites for hydroxylation is 1. The molecule has 2 heteroatoms. The molecule has 13 heavy (non-hydrogen) atoms. The van der Waals surface area contributed by atoms with Crippen molar-refractivity contribution in [2.75, 3.05) is 7.05 Å². The molecule has 0 saturated heterocycles. The Bertz CT molecular complexity index is 270. The smallest absolute Gasteiger partial charge is 0.0464 e. The summed E-state index contributed by atoms with van der Waals surface area (Å²) in [6.45, 7) is 9.00. The maximum atomic E-state index is 3.40. The number of thiophene rings is 1. The predicted octanol–water partition coefficient (Wildman–Crippen LogP) is 3.36. The molecule has 0 amide bonds. The first-order chi connectivity index (χ1) is 5.96. The first-order valence-electron chi connectivity index (χ1n) is 4.68. The predicted molar refractivity (Wildman–Crippen MR) is 60.3 cm³/mol. The van der Waals surface area contributed by atoms with Crippen molar-refractivity contribution in [3.05, 3.63) is 21.9 Å². The second kappa shape index (κ2) is 3.81. The van der Waals surface area contributed by atoms with Crippen molar-refractivity contribution in [1.82, 2.24) is 5.32 Å². The van der Waals surface area contributed by atoms with E-state index in [-0.39, 0.29) is 5.41 Å². The van der Waals surface area contributed by atoms with Gasteiger partial charge < -0.3 is 5.32 Å². The molecule has 0 saturated carbocycles. The minimum atomic E-state index is 0.282. The van der Waals surface area contributed by atoms with Crippen LogP contribution in [0.25, 0.3) is 0 Å². The highest BCUT2D eigenvalue weighted by molar-refractivity contribution is 7.10. The van der Waals surface area contributed by atoms with E-state index in [0.717, 1.165) is 0 Å². The molecule has 0 bridgehead atoms. The van der Waals surface area contributed by atoms with E-state index in [1.54, 1.807) is 0 Å². The quantitative estimate of drug-likeness (QED) is 0.766. The summed E-state index contributed by atoms with van der Waals surface area (Å²) < 4.78 is 0. The van der Waals surface area contributed by atoms with Gasteiger partial charge in [0.1, 0.15) is 0 Å². The van der Waals surface area contributed by atoms with Crippen LogP contribution in [0.15, 0.2) is 11.4 Å². The molecule has 1 rings (SSSR count). The molecule has 74 valence electrons. The van der Waals surface area contributed by atoms with Crippen LogP contribution in [0.2, 0.25) is 0 Å². The Labute approximate surface area is 85.2 Å². The van der Waals surface area contributed by atoms with E-state index in [0.29, 0.717) is 6.04 Å². The molecule has 1 atom stereocenters. The third-order valence-electron chi connectivity index (χ3n) is 2.32. The third-order valence-corrected chi connectivity index (χ3v) is 3.40. The average molecular weight is 197 g/mol. The van der Waals surface area contributed by atoms with Crippen LogP contribution in [-0.2, 0) is 0 Å². The van der Waals surface area contributed by atoms with Crippen LogP contribution in [0.1, 0.15) is 37.3 Å². The van der Waals surface area contributed by atoms with E-state index in [4.69, 9.17) is 0 Å². The lowest BCUT2D eigenvalue weighted by molar-refractivity contribution is 0.290. The fourth-order valence-corrected chi connectivity index (χ4v) is 2.92. The lowest BCUT2D eigenvalue weighted by Gasteiger charge is -2.30. The lowest BCUT2D eigenvalue weighted by atomic mass is 9.85. The van der Waals surface area contributed by atoms with Gasteiger partial charge in [-0.15, -0.1) is 11.3 Å². The summed E-state index contributed by atoms with van der Waals surface area (Å²) in [4.78, 5) is 1.47. The maximum absolute atomic E-state index is 3.40. The van der Waals surface area contributed by atoms with E-state index in [1.165, 1.54) is 10.4 Å². The van der Waals surface area contributed by atoms with Crippen molar-refractivity contribution >= 4 is 11.3 Å². The molecular formula is C11H19NS. The van der Waals surface area contributed by atoms with E-state index in [1.807, 2.05) is 18.4 Å². The van der Waals surface area contributed by atoms with E-state index < -0.39 is 0 Å². The van der Waals surface area contributed by atoms with Gasteiger partial charge in [-0.2, -0.15) is 0 Å². The molecular weight excluding hydrogens is 178 g/mol. The Morgan fingerprint density at radius 3 is 2.31 bits per heavy atom. The first kappa shape index (κ1) is 10.7. The van der Waals surface area contributed by atoms with Crippen LogP contribution < -0.4 is 5.32 Å². The van der Waals surface area contributed by atoms with Crippen molar-refractivity contribution in [2.24, 2.45) is 5.41 Å². The summed E-state index contributed by atoms with van der Waals surface area (Å²) in [6.07, 6.45) is 0. The first-order valence-corrected chi connectivity index (χ1v) is 5.56. The van der Waals surface area contributed by atoms with Crippen molar-refractivity contribution in [3.8, 4) is 0 Å². The average Bonchev–Trinajstić information content (AvgIpc) is 2.35. The van der Waals surface area contributed by atoms with Crippen molar-refractivity contribution < 1.29 is 0 Å². The molecule has 0 aliphatic rings. The summed E-state index contributed by atoms with van der Waals surface area (Å²) in [5, 5.41) is 5.56. The molecule has 1 aromatic rings. The van der Waals surface area contributed by atoms with Gasteiger partial charge in [0, 0.05) is 10.9 Å². The van der Waals surface area contributed by atoms with Gasteiger partial charge in [-0.05, 0) is 36.4 Å². The number of nitrogens with one attached hydrogen (secondary N) is 1. The minimum absolute atomic E-state index is 0.282. The summed E-state index contributed by atoms with van der Waals surface area (Å²) in [5.41, 5.74) is 1.68. The van der Waals surface area contributed by atoms with E-state index in [9.17, 15) is 0 Å². The van der Waals surface area contributed by atoms with E-state index in [2.05, 4.69) is 44.5 Å². The Kier molecular flexibility index (Phi) is 3.14. The molecule has 1 aromatic heterocycles. The second-order valence-electron chi connectivity index (χ2n) is 4.56. The molecule has 0 spiro atoms. The monoisotopic (exact) mass is 197 g/mol. The Balaban J connectivity index is 2.98. The second-order valence-corrected chi connectivity index (χ2v) is 5.50. The molecule has 1 unspecified atom stereocenters. The van der Waals surface area contributed by atoms with Crippen LogP contribution in [-0.4, -0.2) is 7.05 Å². The summed E-state index contributed by atoms with van der Waals surface area (Å²) in [7, 11) is 2.04. The zero-order valence-corrected chi connectivity index (χ0v) is 9.96. The molecule has 0 aliphatic carbocycles. The molecule has 1 heterocycles. The van der Waals surface area contributed by atoms with Crippen LogP contribution in [0, 0.1) is 12.3 Å². The normalized spacial score (nSPS) is 14.5. The third kappa shape index (κ3) is 2.32. The fourth-order valence-electron chi connectivity index (χ4n) is 1.64. The highest BCUT2D eigenvalue weighted by Crippen LogP contribution is 2.36. The highest BCUT2D eigenvalue weighted by atomic mass is 32.1. The number of hydrogen-bond donors (Lipinski definition) is 1. The van der Waals surface area contributed by atoms with Gasteiger partial charge in [0.05, 0.1) is 0 Å².